The average molecular weight is 435 g/mol. The van der Waals surface area contributed by atoms with Gasteiger partial charge in [-0.3, -0.25) is 29.6 Å². The van der Waals surface area contributed by atoms with E-state index in [0.717, 1.165) is 29.2 Å². The number of nitro groups is 1. The highest BCUT2D eigenvalue weighted by Gasteiger charge is 2.47. The van der Waals surface area contributed by atoms with Crippen molar-refractivity contribution in [1.29, 1.82) is 0 Å². The van der Waals surface area contributed by atoms with Crippen LogP contribution in [0.5, 0.6) is 5.75 Å². The first kappa shape index (κ1) is 20.7. The molecular weight excluding hydrogens is 421 g/mol. The van der Waals surface area contributed by atoms with E-state index in [4.69, 9.17) is 0 Å². The molecule has 0 aliphatic carbocycles. The van der Waals surface area contributed by atoms with Gasteiger partial charge in [0.15, 0.2) is 5.75 Å². The average Bonchev–Trinajstić information content (AvgIpc) is 3.05. The van der Waals surface area contributed by atoms with Gasteiger partial charge < -0.3 is 10.2 Å². The van der Waals surface area contributed by atoms with Gasteiger partial charge in [0.05, 0.1) is 16.5 Å². The number of anilines is 1. The number of carbonyl (C=O) groups is 2. The smallest absolute Gasteiger partial charge is 0.311 e. The van der Waals surface area contributed by atoms with Gasteiger partial charge >= 0.3 is 5.69 Å². The molecule has 1 aliphatic heterocycles. The highest BCUT2D eigenvalue weighted by atomic mass is 19.1. The van der Waals surface area contributed by atoms with Crippen LogP contribution in [0.2, 0.25) is 0 Å². The van der Waals surface area contributed by atoms with Gasteiger partial charge in [0.2, 0.25) is 0 Å². The first-order valence-corrected chi connectivity index (χ1v) is 9.24. The number of benzene rings is 2. The van der Waals surface area contributed by atoms with Crippen molar-refractivity contribution < 1.29 is 29.1 Å². The molecule has 32 heavy (non-hydrogen) atoms. The molecule has 4 rings (SSSR count). The minimum Gasteiger partial charge on any atom is -0.507 e. The number of amides is 1. The summed E-state index contributed by atoms with van der Waals surface area (Å²) in [6.45, 7) is 0. The summed E-state index contributed by atoms with van der Waals surface area (Å²) in [5, 5.41) is 32.0. The van der Waals surface area contributed by atoms with Gasteiger partial charge in [0.25, 0.3) is 11.7 Å². The Bertz CT molecular complexity index is 1270. The van der Waals surface area contributed by atoms with Gasteiger partial charge in [-0.2, -0.15) is 0 Å². The SMILES string of the molecule is O=C1C(=O)N(c2ccc(F)cc2)C(c2ccc(O)c([N+](=O)[O-])c2)/C1=C(/O)c1ccncc1. The standard InChI is InChI=1S/C22H14FN3O6/c23-14-2-4-15(5-3-14)25-19(13-1-6-17(27)16(11-13)26(31)32)18(21(29)22(25)30)20(28)12-7-9-24-10-8-12/h1-11,19,27-28H/b20-18-. The Labute approximate surface area is 179 Å². The molecule has 1 aromatic heterocycles. The van der Waals surface area contributed by atoms with Crippen molar-refractivity contribution in [3.63, 3.8) is 0 Å². The highest BCUT2D eigenvalue weighted by Crippen LogP contribution is 2.43. The van der Waals surface area contributed by atoms with E-state index in [2.05, 4.69) is 4.98 Å². The third-order valence-electron chi connectivity index (χ3n) is 5.01. The number of aromatic hydroxyl groups is 1. The molecule has 2 aromatic carbocycles. The number of rotatable bonds is 4. The lowest BCUT2D eigenvalue weighted by atomic mass is 9.95. The first-order chi connectivity index (χ1) is 15.3. The van der Waals surface area contributed by atoms with E-state index in [0.29, 0.717) is 0 Å². The summed E-state index contributed by atoms with van der Waals surface area (Å²) in [5.74, 6) is -3.71. The lowest BCUT2D eigenvalue weighted by Gasteiger charge is -2.25. The molecule has 1 amide bonds. The second-order valence-electron chi connectivity index (χ2n) is 6.89. The molecule has 9 nitrogen and oxygen atoms in total. The third kappa shape index (κ3) is 3.43. The first-order valence-electron chi connectivity index (χ1n) is 9.24. The Kier molecular flexibility index (Phi) is 5.11. The number of phenols is 1. The summed E-state index contributed by atoms with van der Waals surface area (Å²) < 4.78 is 13.5. The van der Waals surface area contributed by atoms with Crippen molar-refractivity contribution in [3.8, 4) is 5.75 Å². The van der Waals surface area contributed by atoms with Crippen LogP contribution in [0.3, 0.4) is 0 Å². The lowest BCUT2D eigenvalue weighted by molar-refractivity contribution is -0.385. The predicted molar refractivity (Wildman–Crippen MR) is 110 cm³/mol. The molecule has 0 radical (unpaired) electrons. The number of halogens is 1. The zero-order valence-corrected chi connectivity index (χ0v) is 16.2. The summed E-state index contributed by atoms with van der Waals surface area (Å²) >= 11 is 0. The van der Waals surface area contributed by atoms with E-state index in [9.17, 15) is 34.3 Å². The van der Waals surface area contributed by atoms with Crippen molar-refractivity contribution in [2.24, 2.45) is 0 Å². The second kappa shape index (κ2) is 7.91. The molecule has 1 atom stereocenters. The number of aliphatic hydroxyl groups excluding tert-OH is 1. The highest BCUT2D eigenvalue weighted by molar-refractivity contribution is 6.51. The van der Waals surface area contributed by atoms with Crippen LogP contribution in [-0.4, -0.2) is 31.8 Å². The minimum atomic E-state index is -1.27. The van der Waals surface area contributed by atoms with Crippen LogP contribution < -0.4 is 4.90 Å². The molecule has 1 saturated heterocycles. The fourth-order valence-corrected chi connectivity index (χ4v) is 3.54. The lowest BCUT2D eigenvalue weighted by Crippen LogP contribution is -2.29. The Morgan fingerprint density at radius 3 is 2.34 bits per heavy atom. The largest absolute Gasteiger partial charge is 0.507 e. The molecule has 1 fully saturated rings. The van der Waals surface area contributed by atoms with Crippen LogP contribution >= 0.6 is 0 Å². The normalized spacial score (nSPS) is 17.5. The van der Waals surface area contributed by atoms with Crippen molar-refractivity contribution in [3.05, 3.63) is 99.6 Å². The number of aromatic nitrogens is 1. The Hall–Kier alpha value is -4.60. The van der Waals surface area contributed by atoms with Gasteiger partial charge in [0.1, 0.15) is 11.6 Å². The Morgan fingerprint density at radius 2 is 1.72 bits per heavy atom. The van der Waals surface area contributed by atoms with Crippen LogP contribution in [-0.2, 0) is 9.59 Å². The molecule has 3 aromatic rings. The van der Waals surface area contributed by atoms with Crippen LogP contribution in [0.25, 0.3) is 5.76 Å². The van der Waals surface area contributed by atoms with Crippen molar-refractivity contribution >= 4 is 28.8 Å². The number of ketones is 1. The van der Waals surface area contributed by atoms with Gasteiger partial charge in [-0.15, -0.1) is 0 Å². The van der Waals surface area contributed by atoms with Crippen molar-refractivity contribution in [2.45, 2.75) is 6.04 Å². The molecule has 160 valence electrons. The third-order valence-corrected chi connectivity index (χ3v) is 5.01. The molecule has 10 heteroatoms. The molecule has 1 unspecified atom stereocenters. The summed E-state index contributed by atoms with van der Waals surface area (Å²) in [5.41, 5.74) is -0.520. The molecule has 2 heterocycles. The number of nitro benzene ring substituents is 1. The molecule has 2 N–H and O–H groups in total. The number of hydrogen-bond acceptors (Lipinski definition) is 7. The molecular formula is C22H14FN3O6. The molecule has 0 spiro atoms. The molecule has 0 bridgehead atoms. The summed E-state index contributed by atoms with van der Waals surface area (Å²) in [4.78, 5) is 41.3. The monoisotopic (exact) mass is 435 g/mol. The van der Waals surface area contributed by atoms with E-state index in [1.54, 1.807) is 0 Å². The van der Waals surface area contributed by atoms with Crippen LogP contribution in [0.4, 0.5) is 15.8 Å². The van der Waals surface area contributed by atoms with Crippen LogP contribution in [0.1, 0.15) is 17.2 Å². The van der Waals surface area contributed by atoms with Gasteiger partial charge in [-0.05, 0) is 48.0 Å². The summed E-state index contributed by atoms with van der Waals surface area (Å²) in [6, 6.07) is 9.69. The minimum absolute atomic E-state index is 0.0913. The van der Waals surface area contributed by atoms with Crippen LogP contribution in [0, 0.1) is 15.9 Å². The fourth-order valence-electron chi connectivity index (χ4n) is 3.54. The Morgan fingerprint density at radius 1 is 1.06 bits per heavy atom. The molecule has 0 saturated carbocycles. The van der Waals surface area contributed by atoms with E-state index in [1.807, 2.05) is 0 Å². The van der Waals surface area contributed by atoms with Crippen molar-refractivity contribution in [1.82, 2.24) is 4.98 Å². The van der Waals surface area contributed by atoms with Gasteiger partial charge in [-0.25, -0.2) is 4.39 Å². The number of aliphatic hydroxyl groups is 1. The number of carbonyl (C=O) groups excluding carboxylic acids is 2. The van der Waals surface area contributed by atoms with E-state index in [-0.39, 0.29) is 22.4 Å². The van der Waals surface area contributed by atoms with Gasteiger partial charge in [-0.1, -0.05) is 6.07 Å². The fraction of sp³-hybridized carbons (Fsp3) is 0.0455. The topological polar surface area (TPSA) is 134 Å². The number of nitrogens with zero attached hydrogens (tertiary/aromatic N) is 3. The summed E-state index contributed by atoms with van der Waals surface area (Å²) in [6.07, 6.45) is 2.76. The maximum absolute atomic E-state index is 13.5. The number of phenolic OH excluding ortho intramolecular Hbond substituents is 1. The van der Waals surface area contributed by atoms with Gasteiger partial charge in [0, 0.05) is 29.7 Å². The number of pyridine rings is 1. The maximum Gasteiger partial charge on any atom is 0.311 e. The number of hydrogen-bond donors (Lipinski definition) is 2. The zero-order chi connectivity index (χ0) is 23.0. The van der Waals surface area contributed by atoms with E-state index < -0.39 is 45.7 Å². The van der Waals surface area contributed by atoms with E-state index in [1.165, 1.54) is 42.7 Å². The Balaban J connectivity index is 1.98. The number of Topliss-reactive ketones (excluding diaryl/α,β-unsaturated/α-hetero) is 1. The molecule has 1 aliphatic rings. The van der Waals surface area contributed by atoms with Crippen LogP contribution in [0.15, 0.2) is 72.6 Å². The zero-order valence-electron chi connectivity index (χ0n) is 16.2. The van der Waals surface area contributed by atoms with Crippen molar-refractivity contribution in [2.75, 3.05) is 4.90 Å². The quantitative estimate of drug-likeness (QED) is 0.211. The summed E-state index contributed by atoms with van der Waals surface area (Å²) in [7, 11) is 0. The predicted octanol–water partition coefficient (Wildman–Crippen LogP) is 3.46. The van der Waals surface area contributed by atoms with E-state index >= 15 is 0 Å². The second-order valence-corrected chi connectivity index (χ2v) is 6.89. The maximum atomic E-state index is 13.5.